The molecule has 1 aromatic rings. The fourth-order valence-electron chi connectivity index (χ4n) is 3.87. The number of nitrogens with zero attached hydrogens (tertiary/aromatic N) is 1. The first kappa shape index (κ1) is 26.8. The SMILES string of the molecule is CCN(CC)S(=O)(=O)c1ccc(C(=O)NCC(=O)OC(C)C(=O)NC2CCCCC2C)cc1. The molecule has 10 heteroatoms. The van der Waals surface area contributed by atoms with E-state index in [0.29, 0.717) is 19.0 Å². The van der Waals surface area contributed by atoms with Crippen molar-refractivity contribution in [3.63, 3.8) is 0 Å². The Balaban J connectivity index is 1.84. The number of hydrogen-bond donors (Lipinski definition) is 2. The molecule has 0 radical (unpaired) electrons. The molecule has 1 saturated carbocycles. The van der Waals surface area contributed by atoms with E-state index in [2.05, 4.69) is 17.6 Å². The minimum absolute atomic E-state index is 0.0839. The third-order valence-corrected chi connectivity index (χ3v) is 8.03. The number of nitrogens with one attached hydrogen (secondary N) is 2. The lowest BCUT2D eigenvalue weighted by atomic mass is 9.86. The number of esters is 1. The van der Waals surface area contributed by atoms with Crippen molar-refractivity contribution in [1.82, 2.24) is 14.9 Å². The van der Waals surface area contributed by atoms with Crippen LogP contribution in [0.3, 0.4) is 0 Å². The van der Waals surface area contributed by atoms with Crippen LogP contribution in [0.1, 0.15) is 63.7 Å². The van der Waals surface area contributed by atoms with Crippen molar-refractivity contribution in [2.24, 2.45) is 5.92 Å². The molecule has 1 aromatic carbocycles. The fourth-order valence-corrected chi connectivity index (χ4v) is 5.33. The smallest absolute Gasteiger partial charge is 0.326 e. The predicted molar refractivity (Wildman–Crippen MR) is 124 cm³/mol. The van der Waals surface area contributed by atoms with Gasteiger partial charge in [0.15, 0.2) is 6.10 Å². The molecule has 3 unspecified atom stereocenters. The van der Waals surface area contributed by atoms with Crippen molar-refractivity contribution >= 4 is 27.8 Å². The minimum atomic E-state index is -3.62. The molecular formula is C23H35N3O6S. The Morgan fingerprint density at radius 2 is 1.70 bits per heavy atom. The molecule has 1 aliphatic rings. The van der Waals surface area contributed by atoms with Crippen molar-refractivity contribution in [2.75, 3.05) is 19.6 Å². The van der Waals surface area contributed by atoms with Crippen molar-refractivity contribution in [2.45, 2.75) is 70.4 Å². The van der Waals surface area contributed by atoms with Crippen molar-refractivity contribution in [1.29, 1.82) is 0 Å². The summed E-state index contributed by atoms with van der Waals surface area (Å²) in [4.78, 5) is 36.8. The molecule has 0 bridgehead atoms. The van der Waals surface area contributed by atoms with E-state index in [-0.39, 0.29) is 22.4 Å². The lowest BCUT2D eigenvalue weighted by Crippen LogP contribution is -2.46. The molecule has 2 amide bonds. The van der Waals surface area contributed by atoms with E-state index in [1.54, 1.807) is 13.8 Å². The topological polar surface area (TPSA) is 122 Å². The summed E-state index contributed by atoms with van der Waals surface area (Å²) in [6.07, 6.45) is 3.24. The molecule has 184 valence electrons. The maximum absolute atomic E-state index is 12.5. The summed E-state index contributed by atoms with van der Waals surface area (Å²) >= 11 is 0. The minimum Gasteiger partial charge on any atom is -0.451 e. The largest absolute Gasteiger partial charge is 0.451 e. The van der Waals surface area contributed by atoms with Crippen LogP contribution in [0.15, 0.2) is 29.2 Å². The van der Waals surface area contributed by atoms with E-state index in [1.807, 2.05) is 0 Å². The molecule has 33 heavy (non-hydrogen) atoms. The van der Waals surface area contributed by atoms with Gasteiger partial charge in [0.1, 0.15) is 6.54 Å². The fraction of sp³-hybridized carbons (Fsp3) is 0.609. The van der Waals surface area contributed by atoms with E-state index in [0.717, 1.165) is 25.7 Å². The Morgan fingerprint density at radius 1 is 1.09 bits per heavy atom. The number of sulfonamides is 1. The first-order valence-electron chi connectivity index (χ1n) is 11.5. The van der Waals surface area contributed by atoms with Gasteiger partial charge in [-0.05, 0) is 49.9 Å². The van der Waals surface area contributed by atoms with Crippen LogP contribution in [0.25, 0.3) is 0 Å². The molecule has 2 N–H and O–H groups in total. The first-order valence-corrected chi connectivity index (χ1v) is 12.9. The Kier molecular flexibility index (Phi) is 9.85. The highest BCUT2D eigenvalue weighted by atomic mass is 32.2. The third kappa shape index (κ3) is 7.26. The van der Waals surface area contributed by atoms with Crippen LogP contribution >= 0.6 is 0 Å². The highest BCUT2D eigenvalue weighted by molar-refractivity contribution is 7.89. The van der Waals surface area contributed by atoms with E-state index >= 15 is 0 Å². The van der Waals surface area contributed by atoms with Crippen molar-refractivity contribution in [3.8, 4) is 0 Å². The maximum atomic E-state index is 12.5. The summed E-state index contributed by atoms with van der Waals surface area (Å²) in [6, 6.07) is 5.58. The summed E-state index contributed by atoms with van der Waals surface area (Å²) in [6.45, 7) is 7.39. The molecule has 0 aliphatic heterocycles. The number of ether oxygens (including phenoxy) is 1. The van der Waals surface area contributed by atoms with Crippen LogP contribution in [0, 0.1) is 5.92 Å². The van der Waals surface area contributed by atoms with E-state index in [4.69, 9.17) is 4.74 Å². The lowest BCUT2D eigenvalue weighted by Gasteiger charge is -2.30. The normalized spacial score (nSPS) is 19.5. The average molecular weight is 482 g/mol. The quantitative estimate of drug-likeness (QED) is 0.494. The molecule has 0 aromatic heterocycles. The predicted octanol–water partition coefficient (Wildman–Crippen LogP) is 2.07. The second-order valence-corrected chi connectivity index (χ2v) is 10.2. The second kappa shape index (κ2) is 12.1. The van der Waals surface area contributed by atoms with E-state index in [9.17, 15) is 22.8 Å². The van der Waals surface area contributed by atoms with Gasteiger partial charge in [-0.15, -0.1) is 0 Å². The summed E-state index contributed by atoms with van der Waals surface area (Å²) in [5.41, 5.74) is 0.207. The zero-order valence-electron chi connectivity index (χ0n) is 19.8. The van der Waals surface area contributed by atoms with Gasteiger partial charge in [-0.1, -0.05) is 33.6 Å². The number of carbonyl (C=O) groups is 3. The van der Waals surface area contributed by atoms with Gasteiger partial charge < -0.3 is 15.4 Å². The monoisotopic (exact) mass is 481 g/mol. The van der Waals surface area contributed by atoms with Gasteiger partial charge in [-0.3, -0.25) is 14.4 Å². The maximum Gasteiger partial charge on any atom is 0.326 e. The summed E-state index contributed by atoms with van der Waals surface area (Å²) < 4.78 is 31.5. The third-order valence-electron chi connectivity index (χ3n) is 5.97. The molecule has 0 heterocycles. The van der Waals surface area contributed by atoms with Gasteiger partial charge in [0.2, 0.25) is 10.0 Å². The molecule has 1 aliphatic carbocycles. The molecule has 0 saturated heterocycles. The van der Waals surface area contributed by atoms with Crippen LogP contribution in [-0.4, -0.2) is 62.3 Å². The van der Waals surface area contributed by atoms with Crippen LogP contribution in [0.5, 0.6) is 0 Å². The number of hydrogen-bond acceptors (Lipinski definition) is 6. The Labute approximate surface area is 196 Å². The van der Waals surface area contributed by atoms with Gasteiger partial charge >= 0.3 is 5.97 Å². The van der Waals surface area contributed by atoms with Gasteiger partial charge in [0, 0.05) is 24.7 Å². The summed E-state index contributed by atoms with van der Waals surface area (Å²) in [5.74, 6) is -1.24. The molecule has 9 nitrogen and oxygen atoms in total. The van der Waals surface area contributed by atoms with Crippen molar-refractivity contribution in [3.05, 3.63) is 29.8 Å². The van der Waals surface area contributed by atoms with Gasteiger partial charge in [-0.25, -0.2) is 8.42 Å². The van der Waals surface area contributed by atoms with E-state index in [1.165, 1.54) is 35.5 Å². The lowest BCUT2D eigenvalue weighted by molar-refractivity contribution is -0.154. The molecule has 1 fully saturated rings. The van der Waals surface area contributed by atoms with Gasteiger partial charge in [-0.2, -0.15) is 4.31 Å². The second-order valence-electron chi connectivity index (χ2n) is 8.31. The zero-order valence-corrected chi connectivity index (χ0v) is 20.6. The van der Waals surface area contributed by atoms with Crippen LogP contribution < -0.4 is 10.6 Å². The average Bonchev–Trinajstić information content (AvgIpc) is 2.79. The van der Waals surface area contributed by atoms with Crippen LogP contribution in [-0.2, 0) is 24.3 Å². The van der Waals surface area contributed by atoms with Crippen molar-refractivity contribution < 1.29 is 27.5 Å². The number of benzene rings is 1. The molecule has 0 spiro atoms. The van der Waals surface area contributed by atoms with Gasteiger partial charge in [0.25, 0.3) is 11.8 Å². The number of carbonyl (C=O) groups excluding carboxylic acids is 3. The standard InChI is InChI=1S/C23H35N3O6S/c1-5-26(6-2)33(30,31)19-13-11-18(12-14-19)23(29)24-15-21(27)32-17(4)22(28)25-20-10-8-7-9-16(20)3/h11-14,16-17,20H,5-10,15H2,1-4H3,(H,24,29)(H,25,28). The highest BCUT2D eigenvalue weighted by Gasteiger charge is 2.26. The molecule has 3 atom stereocenters. The number of rotatable bonds is 10. The Hall–Kier alpha value is -2.46. The Bertz CT molecular complexity index is 928. The molecule has 2 rings (SSSR count). The van der Waals surface area contributed by atoms with E-state index < -0.39 is 34.5 Å². The number of amides is 2. The summed E-state index contributed by atoms with van der Waals surface area (Å²) in [5, 5.41) is 5.37. The summed E-state index contributed by atoms with van der Waals surface area (Å²) in [7, 11) is -3.62. The van der Waals surface area contributed by atoms with Gasteiger partial charge in [0.05, 0.1) is 4.90 Å². The first-order chi connectivity index (χ1) is 15.6. The molecular weight excluding hydrogens is 446 g/mol. The van der Waals surface area contributed by atoms with Crippen LogP contribution in [0.4, 0.5) is 0 Å². The van der Waals surface area contributed by atoms with Crippen LogP contribution in [0.2, 0.25) is 0 Å². The zero-order chi connectivity index (χ0) is 24.6. The Morgan fingerprint density at radius 3 is 2.27 bits per heavy atom. The highest BCUT2D eigenvalue weighted by Crippen LogP contribution is 2.23.